The number of halogens is 2. The van der Waals surface area contributed by atoms with Crippen molar-refractivity contribution in [1.29, 1.82) is 0 Å². The Morgan fingerprint density at radius 2 is 1.77 bits per heavy atom. The van der Waals surface area contributed by atoms with Gasteiger partial charge in [-0.3, -0.25) is 4.99 Å². The Morgan fingerprint density at radius 3 is 2.35 bits per heavy atom. The minimum Gasteiger partial charge on any atom is -0.493 e. The lowest BCUT2D eigenvalue weighted by molar-refractivity contribution is 0.355. The van der Waals surface area contributed by atoms with Gasteiger partial charge in [-0.25, -0.2) is 8.78 Å². The Balaban J connectivity index is 1.73. The Bertz CT molecular complexity index is 815. The van der Waals surface area contributed by atoms with Crippen LogP contribution in [0.4, 0.5) is 14.5 Å². The topological polar surface area (TPSA) is 68.9 Å². The number of hydrogen-bond acceptors (Lipinski definition) is 3. The van der Waals surface area contributed by atoms with Gasteiger partial charge < -0.3 is 20.5 Å². The molecule has 0 aliphatic heterocycles. The molecule has 138 valence electrons. The fraction of sp³-hybridized carbons (Fsp3) is 0.316. The average Bonchev–Trinajstić information content (AvgIpc) is 3.40. The molecule has 3 rings (SSSR count). The molecule has 2 aromatic carbocycles. The number of ether oxygens (including phenoxy) is 2. The van der Waals surface area contributed by atoms with Gasteiger partial charge in [0.15, 0.2) is 17.5 Å². The monoisotopic (exact) mass is 361 g/mol. The van der Waals surface area contributed by atoms with Gasteiger partial charge in [0, 0.05) is 22.7 Å². The Morgan fingerprint density at radius 1 is 1.12 bits per heavy atom. The Labute approximate surface area is 150 Å². The van der Waals surface area contributed by atoms with Crippen molar-refractivity contribution in [2.75, 3.05) is 26.1 Å². The largest absolute Gasteiger partial charge is 0.493 e. The van der Waals surface area contributed by atoms with Crippen molar-refractivity contribution in [3.8, 4) is 11.5 Å². The average molecular weight is 361 g/mol. The van der Waals surface area contributed by atoms with E-state index in [9.17, 15) is 8.78 Å². The number of nitrogens with one attached hydrogen (secondary N) is 1. The summed E-state index contributed by atoms with van der Waals surface area (Å²) in [6.07, 6.45) is 1.36. The van der Waals surface area contributed by atoms with Crippen LogP contribution in [0.3, 0.4) is 0 Å². The molecule has 0 radical (unpaired) electrons. The summed E-state index contributed by atoms with van der Waals surface area (Å²) in [7, 11) is 3.09. The van der Waals surface area contributed by atoms with Crippen molar-refractivity contribution in [2.24, 2.45) is 10.7 Å². The third-order valence-electron chi connectivity index (χ3n) is 4.55. The summed E-state index contributed by atoms with van der Waals surface area (Å²) in [6.45, 7) is 0.219. The van der Waals surface area contributed by atoms with Crippen LogP contribution in [0.15, 0.2) is 41.4 Å². The van der Waals surface area contributed by atoms with Crippen molar-refractivity contribution in [3.05, 3.63) is 53.6 Å². The van der Waals surface area contributed by atoms with Crippen LogP contribution in [0.5, 0.6) is 11.5 Å². The number of aliphatic imine (C=N–C) groups is 1. The summed E-state index contributed by atoms with van der Waals surface area (Å²) >= 11 is 0. The summed E-state index contributed by atoms with van der Waals surface area (Å²) < 4.78 is 38.5. The van der Waals surface area contributed by atoms with Gasteiger partial charge in [-0.15, -0.1) is 0 Å². The van der Waals surface area contributed by atoms with Gasteiger partial charge in [0.05, 0.1) is 20.8 Å². The van der Waals surface area contributed by atoms with Gasteiger partial charge >= 0.3 is 0 Å². The smallest absolute Gasteiger partial charge is 0.193 e. The summed E-state index contributed by atoms with van der Waals surface area (Å²) in [5.74, 6) is 0.242. The number of hydrogen-bond donors (Lipinski definition) is 2. The van der Waals surface area contributed by atoms with E-state index in [1.807, 2.05) is 0 Å². The molecule has 1 aliphatic rings. The highest BCUT2D eigenvalue weighted by Gasteiger charge is 2.47. The zero-order valence-electron chi connectivity index (χ0n) is 14.7. The quantitative estimate of drug-likeness (QED) is 0.611. The molecule has 0 saturated heterocycles. The zero-order valence-corrected chi connectivity index (χ0v) is 14.7. The van der Waals surface area contributed by atoms with Crippen LogP contribution < -0.4 is 20.5 Å². The van der Waals surface area contributed by atoms with Gasteiger partial charge in [0.25, 0.3) is 0 Å². The van der Waals surface area contributed by atoms with Gasteiger partial charge in [-0.2, -0.15) is 0 Å². The van der Waals surface area contributed by atoms with Gasteiger partial charge in [0.1, 0.15) is 11.6 Å². The lowest BCUT2D eigenvalue weighted by Crippen LogP contribution is -2.25. The SMILES string of the molecule is COc1ccc(NC(N)=NCC2(c3c(F)cccc3F)CC2)cc1OC. The molecule has 0 unspecified atom stereocenters. The second-order valence-corrected chi connectivity index (χ2v) is 6.27. The molecule has 0 amide bonds. The van der Waals surface area contributed by atoms with Crippen molar-refractivity contribution in [3.63, 3.8) is 0 Å². The molecule has 7 heteroatoms. The number of nitrogens with two attached hydrogens (primary N) is 1. The second kappa shape index (κ2) is 7.19. The Hall–Kier alpha value is -2.83. The minimum atomic E-state index is -0.612. The van der Waals surface area contributed by atoms with Crippen LogP contribution in [0, 0.1) is 11.6 Å². The first kappa shape index (κ1) is 18.0. The fourth-order valence-electron chi connectivity index (χ4n) is 2.98. The molecule has 0 heterocycles. The van der Waals surface area contributed by atoms with E-state index >= 15 is 0 Å². The number of benzene rings is 2. The lowest BCUT2D eigenvalue weighted by Gasteiger charge is -2.16. The van der Waals surface area contributed by atoms with Crippen LogP contribution in [-0.4, -0.2) is 26.7 Å². The number of guanidine groups is 1. The molecule has 1 saturated carbocycles. The van der Waals surface area contributed by atoms with Crippen molar-refractivity contribution < 1.29 is 18.3 Å². The highest BCUT2D eigenvalue weighted by atomic mass is 19.1. The van der Waals surface area contributed by atoms with Crippen molar-refractivity contribution in [2.45, 2.75) is 18.3 Å². The maximum Gasteiger partial charge on any atom is 0.193 e. The minimum absolute atomic E-state index is 0.0997. The predicted molar refractivity (Wildman–Crippen MR) is 96.9 cm³/mol. The second-order valence-electron chi connectivity index (χ2n) is 6.27. The first-order valence-corrected chi connectivity index (χ1v) is 8.22. The van der Waals surface area contributed by atoms with Crippen molar-refractivity contribution >= 4 is 11.6 Å². The van der Waals surface area contributed by atoms with E-state index in [4.69, 9.17) is 15.2 Å². The summed E-state index contributed by atoms with van der Waals surface area (Å²) in [5.41, 5.74) is 6.10. The highest BCUT2D eigenvalue weighted by molar-refractivity contribution is 5.92. The van der Waals surface area contributed by atoms with Crippen molar-refractivity contribution in [1.82, 2.24) is 0 Å². The predicted octanol–water partition coefficient (Wildman–Crippen LogP) is 3.44. The summed E-state index contributed by atoms with van der Waals surface area (Å²) in [5, 5.41) is 2.95. The van der Waals surface area contributed by atoms with Crippen LogP contribution >= 0.6 is 0 Å². The van der Waals surface area contributed by atoms with Crippen LogP contribution in [0.1, 0.15) is 18.4 Å². The van der Waals surface area contributed by atoms with Crippen LogP contribution in [0.25, 0.3) is 0 Å². The maximum atomic E-state index is 14.1. The molecular formula is C19H21F2N3O2. The first-order chi connectivity index (χ1) is 12.5. The van der Waals surface area contributed by atoms with E-state index < -0.39 is 17.0 Å². The third kappa shape index (κ3) is 3.56. The molecule has 0 aromatic heterocycles. The van der Waals surface area contributed by atoms with Gasteiger partial charge in [0.2, 0.25) is 0 Å². The molecule has 3 N–H and O–H groups in total. The highest BCUT2D eigenvalue weighted by Crippen LogP contribution is 2.50. The zero-order chi connectivity index (χ0) is 18.7. The van der Waals surface area contributed by atoms with E-state index in [-0.39, 0.29) is 18.1 Å². The molecule has 1 aliphatic carbocycles. The summed E-state index contributed by atoms with van der Waals surface area (Å²) in [6, 6.07) is 9.14. The van der Waals surface area contributed by atoms with Gasteiger partial charge in [-0.05, 0) is 37.1 Å². The molecule has 5 nitrogen and oxygen atoms in total. The molecule has 26 heavy (non-hydrogen) atoms. The van der Waals surface area contributed by atoms with E-state index in [2.05, 4.69) is 10.3 Å². The molecule has 0 bridgehead atoms. The molecule has 2 aromatic rings. The normalized spacial score (nSPS) is 15.5. The molecule has 0 spiro atoms. The standard InChI is InChI=1S/C19H21F2N3O2/c1-25-15-7-6-12(10-16(15)26-2)24-18(22)23-11-19(8-9-19)17-13(20)4-3-5-14(17)21/h3-7,10H,8-9,11H2,1-2H3,(H3,22,23,24). The van der Waals surface area contributed by atoms with Gasteiger partial charge in [-0.1, -0.05) is 6.07 Å². The number of anilines is 1. The van der Waals surface area contributed by atoms with E-state index in [1.165, 1.54) is 18.2 Å². The molecule has 0 atom stereocenters. The van der Waals surface area contributed by atoms with Crippen LogP contribution in [-0.2, 0) is 5.41 Å². The fourth-order valence-corrected chi connectivity index (χ4v) is 2.98. The first-order valence-electron chi connectivity index (χ1n) is 8.22. The molecule has 1 fully saturated rings. The van der Waals surface area contributed by atoms with E-state index in [0.29, 0.717) is 30.0 Å². The third-order valence-corrected chi connectivity index (χ3v) is 4.55. The lowest BCUT2D eigenvalue weighted by atomic mass is 9.95. The number of rotatable bonds is 6. The van der Waals surface area contributed by atoms with E-state index in [0.717, 1.165) is 0 Å². The Kier molecular flexibility index (Phi) is 4.97. The maximum absolute atomic E-state index is 14.1. The molecular weight excluding hydrogens is 340 g/mol. The number of methoxy groups -OCH3 is 2. The number of nitrogens with zero attached hydrogens (tertiary/aromatic N) is 1. The summed E-state index contributed by atoms with van der Waals surface area (Å²) in [4.78, 5) is 4.29. The van der Waals surface area contributed by atoms with E-state index in [1.54, 1.807) is 32.4 Å². The van der Waals surface area contributed by atoms with Crippen LogP contribution in [0.2, 0.25) is 0 Å².